The second-order valence-electron chi connectivity index (χ2n) is 6.26. The van der Waals surface area contributed by atoms with Crippen LogP contribution in [-0.4, -0.2) is 13.7 Å². The highest BCUT2D eigenvalue weighted by Crippen LogP contribution is 2.20. The van der Waals surface area contributed by atoms with E-state index < -0.39 is 0 Å². The zero-order valence-electron chi connectivity index (χ0n) is 15.9. The van der Waals surface area contributed by atoms with Crippen molar-refractivity contribution < 1.29 is 9.47 Å². The summed E-state index contributed by atoms with van der Waals surface area (Å²) in [5, 5.41) is 4.23. The average molecular weight is 418 g/mol. The molecule has 3 rings (SSSR count). The predicted octanol–water partition coefficient (Wildman–Crippen LogP) is 5.68. The molecule has 28 heavy (non-hydrogen) atoms. The quantitative estimate of drug-likeness (QED) is 0.454. The van der Waals surface area contributed by atoms with Crippen LogP contribution in [0.15, 0.2) is 72.8 Å². The Morgan fingerprint density at radius 2 is 1.46 bits per heavy atom. The first-order valence-corrected chi connectivity index (χ1v) is 9.42. The van der Waals surface area contributed by atoms with Crippen LogP contribution in [0, 0.1) is 0 Å². The van der Waals surface area contributed by atoms with Crippen LogP contribution in [0.1, 0.15) is 16.7 Å². The van der Waals surface area contributed by atoms with Gasteiger partial charge in [0, 0.05) is 17.1 Å². The van der Waals surface area contributed by atoms with Crippen molar-refractivity contribution >= 4 is 24.0 Å². The Balaban J connectivity index is 0.00000280. The molecule has 0 atom stereocenters. The third kappa shape index (κ3) is 6.45. The van der Waals surface area contributed by atoms with E-state index in [0.29, 0.717) is 6.61 Å². The van der Waals surface area contributed by atoms with Gasteiger partial charge < -0.3 is 14.8 Å². The SMILES string of the molecule is COc1ccccc1CCNCc1ccccc1OCc1ccc(Cl)cc1.Cl. The molecule has 0 aliphatic rings. The molecule has 0 aromatic heterocycles. The lowest BCUT2D eigenvalue weighted by Gasteiger charge is -2.13. The van der Waals surface area contributed by atoms with E-state index in [0.717, 1.165) is 47.2 Å². The summed E-state index contributed by atoms with van der Waals surface area (Å²) in [6.45, 7) is 2.15. The Bertz CT molecular complexity index is 853. The summed E-state index contributed by atoms with van der Waals surface area (Å²) >= 11 is 5.93. The molecule has 1 N–H and O–H groups in total. The lowest BCUT2D eigenvalue weighted by molar-refractivity contribution is 0.302. The second kappa shape index (κ2) is 11.6. The van der Waals surface area contributed by atoms with Crippen LogP contribution < -0.4 is 14.8 Å². The number of para-hydroxylation sites is 2. The molecular weight excluding hydrogens is 393 g/mol. The zero-order chi connectivity index (χ0) is 18.9. The van der Waals surface area contributed by atoms with Gasteiger partial charge in [-0.15, -0.1) is 12.4 Å². The molecule has 148 valence electrons. The average Bonchev–Trinajstić information content (AvgIpc) is 2.72. The molecule has 0 saturated heterocycles. The van der Waals surface area contributed by atoms with Crippen LogP contribution >= 0.6 is 24.0 Å². The minimum absolute atomic E-state index is 0. The van der Waals surface area contributed by atoms with Crippen molar-refractivity contribution in [1.82, 2.24) is 5.32 Å². The van der Waals surface area contributed by atoms with Gasteiger partial charge >= 0.3 is 0 Å². The van der Waals surface area contributed by atoms with E-state index in [2.05, 4.69) is 17.4 Å². The fraction of sp³-hybridized carbons (Fsp3) is 0.217. The molecule has 0 unspecified atom stereocenters. The number of benzene rings is 3. The number of methoxy groups -OCH3 is 1. The van der Waals surface area contributed by atoms with E-state index in [1.165, 1.54) is 5.56 Å². The largest absolute Gasteiger partial charge is 0.496 e. The van der Waals surface area contributed by atoms with E-state index >= 15 is 0 Å². The summed E-state index contributed by atoms with van der Waals surface area (Å²) in [7, 11) is 1.71. The van der Waals surface area contributed by atoms with Crippen molar-refractivity contribution in [1.29, 1.82) is 0 Å². The number of nitrogens with one attached hydrogen (secondary N) is 1. The first-order chi connectivity index (χ1) is 13.3. The van der Waals surface area contributed by atoms with Crippen LogP contribution in [0.3, 0.4) is 0 Å². The van der Waals surface area contributed by atoms with Gasteiger partial charge in [-0.2, -0.15) is 0 Å². The molecule has 0 aliphatic carbocycles. The van der Waals surface area contributed by atoms with Gasteiger partial charge in [0.1, 0.15) is 18.1 Å². The van der Waals surface area contributed by atoms with Crippen molar-refractivity contribution in [3.05, 3.63) is 94.5 Å². The van der Waals surface area contributed by atoms with Crippen LogP contribution in [0.5, 0.6) is 11.5 Å². The minimum atomic E-state index is 0. The molecule has 5 heteroatoms. The number of rotatable bonds is 9. The fourth-order valence-corrected chi connectivity index (χ4v) is 3.01. The Morgan fingerprint density at radius 1 is 0.821 bits per heavy atom. The number of halogens is 2. The zero-order valence-corrected chi connectivity index (χ0v) is 17.4. The van der Waals surface area contributed by atoms with Gasteiger partial charge in [0.25, 0.3) is 0 Å². The monoisotopic (exact) mass is 417 g/mol. The second-order valence-corrected chi connectivity index (χ2v) is 6.70. The summed E-state index contributed by atoms with van der Waals surface area (Å²) in [5.41, 5.74) is 3.45. The van der Waals surface area contributed by atoms with Crippen molar-refractivity contribution in [3.63, 3.8) is 0 Å². The molecule has 0 fully saturated rings. The molecule has 3 aromatic carbocycles. The maximum Gasteiger partial charge on any atom is 0.124 e. The Kier molecular flexibility index (Phi) is 9.15. The molecule has 0 aliphatic heterocycles. The van der Waals surface area contributed by atoms with Crippen LogP contribution in [0.25, 0.3) is 0 Å². The number of hydrogen-bond donors (Lipinski definition) is 1. The molecule has 0 saturated carbocycles. The van der Waals surface area contributed by atoms with Gasteiger partial charge in [-0.1, -0.05) is 60.1 Å². The highest BCUT2D eigenvalue weighted by atomic mass is 35.5. The number of ether oxygens (including phenoxy) is 2. The summed E-state index contributed by atoms with van der Waals surface area (Å²) < 4.78 is 11.4. The Hall–Kier alpha value is -2.20. The van der Waals surface area contributed by atoms with E-state index in [4.69, 9.17) is 21.1 Å². The van der Waals surface area contributed by atoms with Gasteiger partial charge in [0.05, 0.1) is 7.11 Å². The third-order valence-corrected chi connectivity index (χ3v) is 4.61. The molecule has 3 aromatic rings. The summed E-state index contributed by atoms with van der Waals surface area (Å²) in [5.74, 6) is 1.84. The standard InChI is InChI=1S/C23H24ClNO2.ClH/c1-26-22-8-4-2-6-19(22)14-15-25-16-20-7-3-5-9-23(20)27-17-18-10-12-21(24)13-11-18;/h2-13,25H,14-17H2,1H3;1H. The molecule has 0 bridgehead atoms. The highest BCUT2D eigenvalue weighted by molar-refractivity contribution is 6.30. The molecule has 0 radical (unpaired) electrons. The van der Waals surface area contributed by atoms with E-state index in [1.807, 2.05) is 60.7 Å². The first-order valence-electron chi connectivity index (χ1n) is 9.04. The maximum atomic E-state index is 6.01. The summed E-state index contributed by atoms with van der Waals surface area (Å²) in [4.78, 5) is 0. The van der Waals surface area contributed by atoms with Crippen molar-refractivity contribution in [3.8, 4) is 11.5 Å². The molecule has 0 spiro atoms. The van der Waals surface area contributed by atoms with Gasteiger partial charge in [-0.25, -0.2) is 0 Å². The van der Waals surface area contributed by atoms with Gasteiger partial charge in [0.15, 0.2) is 0 Å². The van der Waals surface area contributed by atoms with E-state index in [1.54, 1.807) is 7.11 Å². The molecule has 3 nitrogen and oxygen atoms in total. The highest BCUT2D eigenvalue weighted by Gasteiger charge is 2.05. The van der Waals surface area contributed by atoms with E-state index in [9.17, 15) is 0 Å². The van der Waals surface area contributed by atoms with Gasteiger partial charge in [-0.3, -0.25) is 0 Å². The van der Waals surface area contributed by atoms with Gasteiger partial charge in [-0.05, 0) is 48.4 Å². The fourth-order valence-electron chi connectivity index (χ4n) is 2.89. The normalized spacial score (nSPS) is 10.2. The number of hydrogen-bond acceptors (Lipinski definition) is 3. The van der Waals surface area contributed by atoms with Crippen molar-refractivity contribution in [2.24, 2.45) is 0 Å². The van der Waals surface area contributed by atoms with Crippen LogP contribution in [-0.2, 0) is 19.6 Å². The third-order valence-electron chi connectivity index (χ3n) is 4.36. The lowest BCUT2D eigenvalue weighted by Crippen LogP contribution is -2.17. The first kappa shape index (κ1) is 22.1. The van der Waals surface area contributed by atoms with Crippen LogP contribution in [0.4, 0.5) is 0 Å². The molecule has 0 heterocycles. The maximum absolute atomic E-state index is 6.01. The summed E-state index contributed by atoms with van der Waals surface area (Å²) in [6.07, 6.45) is 0.914. The molecular formula is C23H25Cl2NO2. The van der Waals surface area contributed by atoms with Crippen molar-refractivity contribution in [2.75, 3.05) is 13.7 Å². The topological polar surface area (TPSA) is 30.5 Å². The Morgan fingerprint density at radius 3 is 2.18 bits per heavy atom. The lowest BCUT2D eigenvalue weighted by atomic mass is 10.1. The van der Waals surface area contributed by atoms with Gasteiger partial charge in [0.2, 0.25) is 0 Å². The van der Waals surface area contributed by atoms with Crippen LogP contribution in [0.2, 0.25) is 5.02 Å². The van der Waals surface area contributed by atoms with E-state index in [-0.39, 0.29) is 12.4 Å². The van der Waals surface area contributed by atoms with Crippen molar-refractivity contribution in [2.45, 2.75) is 19.6 Å². The summed E-state index contributed by atoms with van der Waals surface area (Å²) in [6, 6.07) is 24.0. The Labute approximate surface area is 178 Å². The minimum Gasteiger partial charge on any atom is -0.496 e. The smallest absolute Gasteiger partial charge is 0.124 e. The molecule has 0 amide bonds. The predicted molar refractivity (Wildman–Crippen MR) is 118 cm³/mol.